The largest absolute Gasteiger partial charge is 0.298 e. The van der Waals surface area contributed by atoms with E-state index in [1.54, 1.807) is 4.31 Å². The summed E-state index contributed by atoms with van der Waals surface area (Å²) in [5.41, 5.74) is 0. The lowest BCUT2D eigenvalue weighted by Crippen LogP contribution is -2.51. The van der Waals surface area contributed by atoms with Crippen molar-refractivity contribution in [3.8, 4) is 0 Å². The molecule has 1 aliphatic rings. The molecule has 0 radical (unpaired) electrons. The monoisotopic (exact) mass is 248 g/mol. The van der Waals surface area contributed by atoms with Crippen molar-refractivity contribution in [1.29, 1.82) is 0 Å². The molecular formula is C11H24N2O2S. The highest BCUT2D eigenvalue weighted by molar-refractivity contribution is 7.89. The third kappa shape index (κ3) is 3.71. The third-order valence-corrected chi connectivity index (χ3v) is 5.18. The molecule has 1 saturated heterocycles. The molecular weight excluding hydrogens is 224 g/mol. The predicted octanol–water partition coefficient (Wildman–Crippen LogP) is 0.998. The van der Waals surface area contributed by atoms with Crippen LogP contribution in [-0.2, 0) is 10.0 Å². The molecule has 0 saturated carbocycles. The second-order valence-electron chi connectivity index (χ2n) is 5.20. The first-order valence-corrected chi connectivity index (χ1v) is 7.65. The van der Waals surface area contributed by atoms with Crippen molar-refractivity contribution >= 4 is 10.0 Å². The smallest absolute Gasteiger partial charge is 0.214 e. The minimum Gasteiger partial charge on any atom is -0.298 e. The second kappa shape index (κ2) is 5.47. The first-order valence-electron chi connectivity index (χ1n) is 6.05. The molecule has 0 atom stereocenters. The van der Waals surface area contributed by atoms with Crippen molar-refractivity contribution in [3.63, 3.8) is 0 Å². The van der Waals surface area contributed by atoms with Gasteiger partial charge in [-0.2, -0.15) is 4.31 Å². The van der Waals surface area contributed by atoms with Crippen LogP contribution in [0.3, 0.4) is 0 Å². The maximum atomic E-state index is 12.0. The lowest BCUT2D eigenvalue weighted by Gasteiger charge is -2.36. The highest BCUT2D eigenvalue weighted by Crippen LogP contribution is 2.12. The summed E-state index contributed by atoms with van der Waals surface area (Å²) in [6, 6.07) is 0.509. The number of rotatable bonds is 4. The lowest BCUT2D eigenvalue weighted by atomic mass is 10.3. The lowest BCUT2D eigenvalue weighted by molar-refractivity contribution is 0.154. The van der Waals surface area contributed by atoms with Crippen LogP contribution in [0.15, 0.2) is 0 Å². The standard InChI is InChI=1S/C11H24N2O2S/c1-10(2)9-16(14,15)13-7-5-12(6-8-13)11(3)4/h10-11H,5-9H2,1-4H3. The van der Waals surface area contributed by atoms with Crippen molar-refractivity contribution in [2.45, 2.75) is 33.7 Å². The van der Waals surface area contributed by atoms with Gasteiger partial charge in [0, 0.05) is 32.2 Å². The minimum absolute atomic E-state index is 0.202. The Morgan fingerprint density at radius 1 is 1.00 bits per heavy atom. The van der Waals surface area contributed by atoms with Gasteiger partial charge in [-0.15, -0.1) is 0 Å². The van der Waals surface area contributed by atoms with Crippen LogP contribution in [0.5, 0.6) is 0 Å². The van der Waals surface area contributed by atoms with Gasteiger partial charge in [0.2, 0.25) is 10.0 Å². The van der Waals surface area contributed by atoms with Crippen LogP contribution in [0.2, 0.25) is 0 Å². The number of piperazine rings is 1. The van der Waals surface area contributed by atoms with Crippen LogP contribution in [0, 0.1) is 5.92 Å². The Kier molecular flexibility index (Phi) is 4.76. The Morgan fingerprint density at radius 2 is 1.50 bits per heavy atom. The molecule has 1 fully saturated rings. The van der Waals surface area contributed by atoms with Crippen molar-refractivity contribution in [2.24, 2.45) is 5.92 Å². The molecule has 0 aromatic rings. The summed E-state index contributed by atoms with van der Waals surface area (Å²) in [4.78, 5) is 2.32. The average molecular weight is 248 g/mol. The third-order valence-electron chi connectivity index (χ3n) is 2.94. The van der Waals surface area contributed by atoms with Crippen LogP contribution in [-0.4, -0.2) is 55.6 Å². The van der Waals surface area contributed by atoms with E-state index in [0.29, 0.717) is 19.1 Å². The zero-order valence-electron chi connectivity index (χ0n) is 10.8. The molecule has 0 amide bonds. The van der Waals surface area contributed by atoms with E-state index in [2.05, 4.69) is 18.7 Å². The Bertz CT molecular complexity index is 304. The molecule has 1 rings (SSSR count). The van der Waals surface area contributed by atoms with Gasteiger partial charge in [0.1, 0.15) is 0 Å². The topological polar surface area (TPSA) is 40.6 Å². The molecule has 0 aromatic heterocycles. The van der Waals surface area contributed by atoms with Crippen molar-refractivity contribution in [2.75, 3.05) is 31.9 Å². The van der Waals surface area contributed by atoms with E-state index in [0.717, 1.165) is 13.1 Å². The van der Waals surface area contributed by atoms with Gasteiger partial charge < -0.3 is 0 Å². The first-order chi connectivity index (χ1) is 7.33. The summed E-state index contributed by atoms with van der Waals surface area (Å²) >= 11 is 0. The normalized spacial score (nSPS) is 20.9. The number of hydrogen-bond donors (Lipinski definition) is 0. The fraction of sp³-hybridized carbons (Fsp3) is 1.00. The van der Waals surface area contributed by atoms with E-state index in [1.807, 2.05) is 13.8 Å². The summed E-state index contributed by atoms with van der Waals surface area (Å²) < 4.78 is 25.6. The van der Waals surface area contributed by atoms with Gasteiger partial charge in [-0.25, -0.2) is 8.42 Å². The number of hydrogen-bond acceptors (Lipinski definition) is 3. The summed E-state index contributed by atoms with van der Waals surface area (Å²) in [5, 5.41) is 0. The van der Waals surface area contributed by atoms with E-state index >= 15 is 0 Å². The van der Waals surface area contributed by atoms with E-state index in [4.69, 9.17) is 0 Å². The Balaban J connectivity index is 2.53. The molecule has 0 aromatic carbocycles. The minimum atomic E-state index is -3.03. The fourth-order valence-electron chi connectivity index (χ4n) is 2.02. The predicted molar refractivity (Wildman–Crippen MR) is 66.9 cm³/mol. The van der Waals surface area contributed by atoms with Crippen molar-refractivity contribution < 1.29 is 8.42 Å². The summed E-state index contributed by atoms with van der Waals surface area (Å²) in [7, 11) is -3.03. The molecule has 4 nitrogen and oxygen atoms in total. The Morgan fingerprint density at radius 3 is 1.88 bits per heavy atom. The van der Waals surface area contributed by atoms with Crippen molar-refractivity contribution in [3.05, 3.63) is 0 Å². The average Bonchev–Trinajstić information content (AvgIpc) is 2.16. The maximum absolute atomic E-state index is 12.0. The van der Waals surface area contributed by atoms with Crippen LogP contribution in [0.4, 0.5) is 0 Å². The molecule has 1 aliphatic heterocycles. The molecule has 16 heavy (non-hydrogen) atoms. The van der Waals surface area contributed by atoms with Crippen LogP contribution in [0.25, 0.3) is 0 Å². The second-order valence-corrected chi connectivity index (χ2v) is 7.21. The molecule has 0 spiro atoms. The maximum Gasteiger partial charge on any atom is 0.214 e. The Labute approximate surface area is 99.7 Å². The molecule has 1 heterocycles. The van der Waals surface area contributed by atoms with E-state index < -0.39 is 10.0 Å². The number of sulfonamides is 1. The molecule has 96 valence electrons. The highest BCUT2D eigenvalue weighted by atomic mass is 32.2. The van der Waals surface area contributed by atoms with Gasteiger partial charge >= 0.3 is 0 Å². The van der Waals surface area contributed by atoms with Crippen molar-refractivity contribution in [1.82, 2.24) is 9.21 Å². The van der Waals surface area contributed by atoms with E-state index in [1.165, 1.54) is 0 Å². The first kappa shape index (κ1) is 13.9. The summed E-state index contributed by atoms with van der Waals surface area (Å²) in [6.07, 6.45) is 0. The number of nitrogens with zero attached hydrogens (tertiary/aromatic N) is 2. The zero-order chi connectivity index (χ0) is 12.3. The van der Waals surface area contributed by atoms with Gasteiger partial charge in [0.15, 0.2) is 0 Å². The fourth-order valence-corrected chi connectivity index (χ4v) is 3.80. The SMILES string of the molecule is CC(C)CS(=O)(=O)N1CCN(C(C)C)CC1. The molecule has 0 N–H and O–H groups in total. The van der Waals surface area contributed by atoms with E-state index in [9.17, 15) is 8.42 Å². The van der Waals surface area contributed by atoms with Crippen LogP contribution >= 0.6 is 0 Å². The van der Waals surface area contributed by atoms with Gasteiger partial charge in [-0.3, -0.25) is 4.90 Å². The zero-order valence-corrected chi connectivity index (χ0v) is 11.6. The van der Waals surface area contributed by atoms with Gasteiger partial charge in [-0.05, 0) is 19.8 Å². The van der Waals surface area contributed by atoms with Gasteiger partial charge in [-0.1, -0.05) is 13.8 Å². The van der Waals surface area contributed by atoms with Gasteiger partial charge in [0.25, 0.3) is 0 Å². The quantitative estimate of drug-likeness (QED) is 0.745. The molecule has 0 unspecified atom stereocenters. The molecule has 0 bridgehead atoms. The molecule has 0 aliphatic carbocycles. The summed E-state index contributed by atoms with van der Waals surface area (Å²) in [5.74, 6) is 0.474. The highest BCUT2D eigenvalue weighted by Gasteiger charge is 2.27. The Hall–Kier alpha value is -0.130. The van der Waals surface area contributed by atoms with E-state index in [-0.39, 0.29) is 11.7 Å². The van der Waals surface area contributed by atoms with Gasteiger partial charge in [0.05, 0.1) is 5.75 Å². The van der Waals surface area contributed by atoms with Crippen LogP contribution < -0.4 is 0 Å². The molecule has 5 heteroatoms. The summed E-state index contributed by atoms with van der Waals surface area (Å²) in [6.45, 7) is 11.2. The van der Waals surface area contributed by atoms with Crippen LogP contribution in [0.1, 0.15) is 27.7 Å².